The van der Waals surface area contributed by atoms with Crippen molar-refractivity contribution in [2.45, 2.75) is 44.2 Å². The third-order valence-electron chi connectivity index (χ3n) is 6.33. The maximum Gasteiger partial charge on any atom is 0.328 e. The van der Waals surface area contributed by atoms with Crippen LogP contribution in [-0.2, 0) is 9.59 Å². The van der Waals surface area contributed by atoms with E-state index in [0.29, 0.717) is 48.5 Å². The Bertz CT molecular complexity index is 1240. The molecule has 1 aliphatic heterocycles. The average Bonchev–Trinajstić information content (AvgIpc) is 2.91. The number of ether oxygens (including phenoxy) is 3. The number of aromatic nitrogens is 2. The van der Waals surface area contributed by atoms with E-state index in [1.165, 1.54) is 0 Å². The number of benzene rings is 1. The van der Waals surface area contributed by atoms with Gasteiger partial charge in [-0.15, -0.1) is 0 Å². The van der Waals surface area contributed by atoms with Crippen molar-refractivity contribution in [1.29, 1.82) is 0 Å². The summed E-state index contributed by atoms with van der Waals surface area (Å²) >= 11 is 0. The van der Waals surface area contributed by atoms with Gasteiger partial charge >= 0.3 is 11.9 Å². The number of aliphatic imine (C=N–C) groups is 1. The molecule has 2 heterocycles. The number of hydrogen-bond acceptors (Lipinski definition) is 10. The van der Waals surface area contributed by atoms with E-state index in [-0.39, 0.29) is 18.1 Å². The van der Waals surface area contributed by atoms with Crippen LogP contribution in [0.25, 0.3) is 0 Å². The molecule has 0 radical (unpaired) electrons. The average molecular weight is 543 g/mol. The van der Waals surface area contributed by atoms with Gasteiger partial charge in [-0.05, 0) is 43.9 Å². The van der Waals surface area contributed by atoms with Gasteiger partial charge in [-0.25, -0.2) is 14.6 Å². The quantitative estimate of drug-likeness (QED) is 0.420. The summed E-state index contributed by atoms with van der Waals surface area (Å²) < 4.78 is 17.1. The Hall–Kier alpha value is -4.19. The predicted molar refractivity (Wildman–Crippen MR) is 144 cm³/mol. The molecule has 0 unspecified atom stereocenters. The number of nitrogens with zero attached hydrogens (tertiary/aromatic N) is 4. The standard InChI is InChI=1S/C23H30N4O4.C4H4O4/c1-6-31-20-10-14-15-9-13(28)7-8-18(15)25-21(16(14)11-19(20)29-4)17-12-24-23(27(2)3)26-22(17)30-5;5-3(6)1-2-4(7)8/h10-13,15,18,28H,6-9H2,1-5H3;1-2H,(H,5,6)(H,7,8)/b;2-1+/t13-,15-,18-;/m1./s1. The number of aliphatic hydroxyl groups is 1. The first kappa shape index (κ1) is 29.4. The number of aliphatic carboxylic acids is 2. The molecule has 3 atom stereocenters. The number of hydrogen-bond donors (Lipinski definition) is 3. The van der Waals surface area contributed by atoms with Crippen molar-refractivity contribution >= 4 is 23.6 Å². The van der Waals surface area contributed by atoms with Crippen LogP contribution in [0.1, 0.15) is 48.8 Å². The second kappa shape index (κ2) is 13.1. The Balaban J connectivity index is 0.000000459. The fourth-order valence-corrected chi connectivity index (χ4v) is 4.62. The molecule has 1 aliphatic carbocycles. The van der Waals surface area contributed by atoms with Crippen LogP contribution in [0.15, 0.2) is 35.5 Å². The molecule has 1 fully saturated rings. The van der Waals surface area contributed by atoms with Gasteiger partial charge in [0, 0.05) is 43.9 Å². The van der Waals surface area contributed by atoms with E-state index < -0.39 is 11.9 Å². The largest absolute Gasteiger partial charge is 0.493 e. The van der Waals surface area contributed by atoms with Gasteiger partial charge in [0.15, 0.2) is 11.5 Å². The third-order valence-corrected chi connectivity index (χ3v) is 6.33. The molecule has 3 N–H and O–H groups in total. The number of rotatable bonds is 8. The number of aliphatic hydroxyl groups excluding tert-OH is 1. The van der Waals surface area contributed by atoms with E-state index in [2.05, 4.69) is 9.97 Å². The Morgan fingerprint density at radius 2 is 1.74 bits per heavy atom. The molecule has 2 aliphatic rings. The minimum atomic E-state index is -1.26. The maximum absolute atomic E-state index is 10.3. The number of methoxy groups -OCH3 is 2. The van der Waals surface area contributed by atoms with E-state index in [4.69, 9.17) is 29.4 Å². The molecule has 210 valence electrons. The van der Waals surface area contributed by atoms with Gasteiger partial charge in [-0.2, -0.15) is 4.98 Å². The highest BCUT2D eigenvalue weighted by Gasteiger charge is 2.38. The predicted octanol–water partition coefficient (Wildman–Crippen LogP) is 2.52. The van der Waals surface area contributed by atoms with Gasteiger partial charge < -0.3 is 34.4 Å². The number of carboxylic acids is 2. The van der Waals surface area contributed by atoms with Gasteiger partial charge in [0.1, 0.15) is 0 Å². The number of fused-ring (bicyclic) bond motifs is 3. The zero-order valence-electron chi connectivity index (χ0n) is 22.6. The molecule has 12 heteroatoms. The molecule has 1 aromatic carbocycles. The summed E-state index contributed by atoms with van der Waals surface area (Å²) in [4.78, 5) is 35.1. The molecule has 0 bridgehead atoms. The van der Waals surface area contributed by atoms with E-state index in [1.54, 1.807) is 20.4 Å². The lowest BCUT2D eigenvalue weighted by Gasteiger charge is -2.37. The van der Waals surface area contributed by atoms with Crippen molar-refractivity contribution in [2.24, 2.45) is 4.99 Å². The SMILES string of the molecule is CCOc1cc2c(cc1OC)C(c1cnc(N(C)C)nc1OC)=N[C@@H]1CC[C@@H](O)C[C@H]21.O=C(O)/C=C/C(=O)O. The monoisotopic (exact) mass is 542 g/mol. The minimum Gasteiger partial charge on any atom is -0.493 e. The molecule has 0 amide bonds. The molecule has 2 aromatic rings. The molecule has 0 spiro atoms. The number of carboxylic acid groups (broad SMARTS) is 2. The first-order valence-electron chi connectivity index (χ1n) is 12.4. The summed E-state index contributed by atoms with van der Waals surface area (Å²) in [6.07, 6.45) is 4.81. The van der Waals surface area contributed by atoms with Crippen LogP contribution < -0.4 is 19.1 Å². The first-order chi connectivity index (χ1) is 18.6. The van der Waals surface area contributed by atoms with Crippen LogP contribution in [0, 0.1) is 0 Å². The van der Waals surface area contributed by atoms with Gasteiger partial charge in [-0.1, -0.05) is 0 Å². The van der Waals surface area contributed by atoms with Crippen molar-refractivity contribution < 1.29 is 39.1 Å². The number of anilines is 1. The van der Waals surface area contributed by atoms with Crippen LogP contribution in [0.4, 0.5) is 5.95 Å². The Kier molecular flexibility index (Phi) is 9.83. The van der Waals surface area contributed by atoms with Gasteiger partial charge in [0.2, 0.25) is 11.8 Å². The van der Waals surface area contributed by atoms with E-state index >= 15 is 0 Å². The van der Waals surface area contributed by atoms with E-state index in [0.717, 1.165) is 35.2 Å². The van der Waals surface area contributed by atoms with E-state index in [9.17, 15) is 14.7 Å². The summed E-state index contributed by atoms with van der Waals surface area (Å²) in [6.45, 7) is 2.49. The van der Waals surface area contributed by atoms with Crippen LogP contribution in [0.3, 0.4) is 0 Å². The molecule has 39 heavy (non-hydrogen) atoms. The van der Waals surface area contributed by atoms with Gasteiger partial charge in [-0.3, -0.25) is 4.99 Å². The lowest BCUT2D eigenvalue weighted by atomic mass is 9.74. The normalized spacial score (nSPS) is 19.5. The second-order valence-electron chi connectivity index (χ2n) is 9.14. The van der Waals surface area contributed by atoms with Crippen LogP contribution >= 0.6 is 0 Å². The molecule has 4 rings (SSSR count). The Morgan fingerprint density at radius 1 is 1.05 bits per heavy atom. The fraction of sp³-hybridized carbons (Fsp3) is 0.444. The lowest BCUT2D eigenvalue weighted by Crippen LogP contribution is -2.34. The third kappa shape index (κ3) is 7.02. The molecule has 12 nitrogen and oxygen atoms in total. The highest BCUT2D eigenvalue weighted by Crippen LogP contribution is 2.45. The zero-order valence-corrected chi connectivity index (χ0v) is 22.6. The molecular formula is C27H34N4O8. The topological polar surface area (TPSA) is 164 Å². The smallest absolute Gasteiger partial charge is 0.328 e. The molecule has 1 aromatic heterocycles. The van der Waals surface area contributed by atoms with Gasteiger partial charge in [0.25, 0.3) is 0 Å². The summed E-state index contributed by atoms with van der Waals surface area (Å²) in [5.41, 5.74) is 3.58. The first-order valence-corrected chi connectivity index (χ1v) is 12.4. The minimum absolute atomic E-state index is 0.0759. The van der Waals surface area contributed by atoms with Crippen molar-refractivity contribution in [3.8, 4) is 17.4 Å². The maximum atomic E-state index is 10.3. The summed E-state index contributed by atoms with van der Waals surface area (Å²) in [6, 6.07) is 4.09. The molecule has 0 saturated heterocycles. The zero-order chi connectivity index (χ0) is 28.7. The van der Waals surface area contributed by atoms with E-state index in [1.807, 2.05) is 38.1 Å². The summed E-state index contributed by atoms with van der Waals surface area (Å²) in [5, 5.41) is 26.0. The Morgan fingerprint density at radius 3 is 2.31 bits per heavy atom. The van der Waals surface area contributed by atoms with Crippen LogP contribution in [0.2, 0.25) is 0 Å². The van der Waals surface area contributed by atoms with Crippen molar-refractivity contribution in [3.63, 3.8) is 0 Å². The highest BCUT2D eigenvalue weighted by molar-refractivity contribution is 6.16. The fourth-order valence-electron chi connectivity index (χ4n) is 4.62. The van der Waals surface area contributed by atoms with Gasteiger partial charge in [0.05, 0.1) is 44.2 Å². The van der Waals surface area contributed by atoms with Crippen LogP contribution in [0.5, 0.6) is 17.4 Å². The van der Waals surface area contributed by atoms with Crippen LogP contribution in [-0.4, -0.2) is 90.0 Å². The highest BCUT2D eigenvalue weighted by atomic mass is 16.5. The summed E-state index contributed by atoms with van der Waals surface area (Å²) in [5.74, 6) is 0.00832. The molecule has 1 saturated carbocycles. The number of carbonyl (C=O) groups is 2. The second-order valence-corrected chi connectivity index (χ2v) is 9.14. The lowest BCUT2D eigenvalue weighted by molar-refractivity contribution is -0.134. The van der Waals surface area contributed by atoms with Crippen molar-refractivity contribution in [3.05, 3.63) is 47.2 Å². The molecular weight excluding hydrogens is 508 g/mol. The Labute approximate surface area is 226 Å². The summed E-state index contributed by atoms with van der Waals surface area (Å²) in [7, 11) is 7.01. The van der Waals surface area contributed by atoms with Crippen molar-refractivity contribution in [1.82, 2.24) is 9.97 Å². The van der Waals surface area contributed by atoms with Crippen molar-refractivity contribution in [2.75, 3.05) is 39.8 Å².